The molecule has 1 spiro atoms. The molecule has 2 aromatic rings. The van der Waals surface area contributed by atoms with Gasteiger partial charge in [-0.2, -0.15) is 0 Å². The molecule has 0 unspecified atom stereocenters. The Labute approximate surface area is 196 Å². The summed E-state index contributed by atoms with van der Waals surface area (Å²) in [5.74, 6) is -2.45. The summed E-state index contributed by atoms with van der Waals surface area (Å²) >= 11 is 0. The zero-order valence-electron chi connectivity index (χ0n) is 19.0. The van der Waals surface area contributed by atoms with Crippen molar-refractivity contribution in [2.75, 3.05) is 13.2 Å². The topological polar surface area (TPSA) is 58.6 Å². The lowest BCUT2D eigenvalue weighted by atomic mass is 9.82. The third kappa shape index (κ3) is 3.98. The Morgan fingerprint density at radius 1 is 1.18 bits per heavy atom. The molecular weight excluding hydrogens is 445 g/mol. The van der Waals surface area contributed by atoms with Gasteiger partial charge in [0.15, 0.2) is 0 Å². The summed E-state index contributed by atoms with van der Waals surface area (Å²) in [7, 11) is 0. The van der Waals surface area contributed by atoms with Crippen molar-refractivity contribution in [1.29, 1.82) is 0 Å². The van der Waals surface area contributed by atoms with Gasteiger partial charge in [0, 0.05) is 23.6 Å². The van der Waals surface area contributed by atoms with Crippen LogP contribution in [-0.2, 0) is 20.7 Å². The van der Waals surface area contributed by atoms with Gasteiger partial charge in [0.25, 0.3) is 0 Å². The Kier molecular flexibility index (Phi) is 5.88. The number of carbonyl (C=O) groups is 2. The molecule has 0 bridgehead atoms. The fourth-order valence-electron chi connectivity index (χ4n) is 5.71. The second-order valence-electron chi connectivity index (χ2n) is 9.78. The van der Waals surface area contributed by atoms with Crippen LogP contribution in [0.2, 0.25) is 0 Å². The van der Waals surface area contributed by atoms with Crippen molar-refractivity contribution in [3.8, 4) is 11.1 Å². The average molecular weight is 473 g/mol. The monoisotopic (exact) mass is 472 g/mol. The molecule has 3 fully saturated rings. The van der Waals surface area contributed by atoms with Crippen molar-refractivity contribution in [2.45, 2.75) is 56.7 Å². The van der Waals surface area contributed by atoms with E-state index in [4.69, 9.17) is 4.74 Å². The number of likely N-dealkylation sites (tertiary alicyclic amines) is 1. The lowest BCUT2D eigenvalue weighted by molar-refractivity contribution is -0.145. The molecule has 180 valence electrons. The van der Waals surface area contributed by atoms with E-state index in [-0.39, 0.29) is 54.5 Å². The highest BCUT2D eigenvalue weighted by Crippen LogP contribution is 2.41. The first-order valence-electron chi connectivity index (χ1n) is 11.7. The minimum atomic E-state index is -0.818. The Morgan fingerprint density at radius 2 is 1.91 bits per heavy atom. The SMILES string of the molecule is C[C@@H]1C[C@@]2(COCC(=O)N2)[C@H](Cc2cccc(-c3cc(F)cc(F)c3)c2F)N1C(=O)C1CCC1. The number of halogens is 3. The molecule has 34 heavy (non-hydrogen) atoms. The van der Waals surface area contributed by atoms with Gasteiger partial charge in [0.2, 0.25) is 11.8 Å². The summed E-state index contributed by atoms with van der Waals surface area (Å²) in [5.41, 5.74) is -0.326. The predicted molar refractivity (Wildman–Crippen MR) is 119 cm³/mol. The van der Waals surface area contributed by atoms with Crippen LogP contribution in [0.15, 0.2) is 36.4 Å². The van der Waals surface area contributed by atoms with Gasteiger partial charge in [-0.25, -0.2) is 13.2 Å². The number of carbonyl (C=O) groups excluding carboxylic acids is 2. The van der Waals surface area contributed by atoms with Crippen molar-refractivity contribution in [3.63, 3.8) is 0 Å². The van der Waals surface area contributed by atoms with Crippen LogP contribution >= 0.6 is 0 Å². The number of ether oxygens (including phenoxy) is 1. The molecule has 1 aliphatic carbocycles. The van der Waals surface area contributed by atoms with E-state index < -0.39 is 29.0 Å². The van der Waals surface area contributed by atoms with Gasteiger partial charge in [-0.3, -0.25) is 9.59 Å². The molecule has 2 heterocycles. The van der Waals surface area contributed by atoms with Crippen molar-refractivity contribution >= 4 is 11.8 Å². The van der Waals surface area contributed by atoms with E-state index >= 15 is 4.39 Å². The number of hydrogen-bond acceptors (Lipinski definition) is 3. The quantitative estimate of drug-likeness (QED) is 0.732. The first-order chi connectivity index (χ1) is 16.3. The normalized spacial score (nSPS) is 27.1. The molecular formula is C26H27F3N2O3. The fourth-order valence-corrected chi connectivity index (χ4v) is 5.71. The predicted octanol–water partition coefficient (Wildman–Crippen LogP) is 3.99. The smallest absolute Gasteiger partial charge is 0.246 e. The standard InChI is InChI=1S/C26H27F3N2O3/c1-15-12-26(14-34-13-23(32)30-26)22(31(15)25(33)16-4-2-5-16)10-17-6-3-7-21(24(17)29)18-8-19(27)11-20(28)9-18/h3,6-9,11,15-16,22H,2,4-5,10,12-14H2,1H3,(H,30,32)/t15-,22+,26-/m1/s1. The first-order valence-corrected chi connectivity index (χ1v) is 11.7. The van der Waals surface area contributed by atoms with E-state index in [0.717, 1.165) is 37.5 Å². The van der Waals surface area contributed by atoms with Crippen molar-refractivity contribution < 1.29 is 27.5 Å². The van der Waals surface area contributed by atoms with Crippen LogP contribution in [-0.4, -0.2) is 47.6 Å². The van der Waals surface area contributed by atoms with E-state index in [2.05, 4.69) is 5.32 Å². The molecule has 2 amide bonds. The van der Waals surface area contributed by atoms with E-state index in [1.165, 1.54) is 6.07 Å². The summed E-state index contributed by atoms with van der Waals surface area (Å²) in [4.78, 5) is 27.5. The van der Waals surface area contributed by atoms with Gasteiger partial charge < -0.3 is 15.0 Å². The van der Waals surface area contributed by atoms with Crippen molar-refractivity contribution in [2.24, 2.45) is 5.92 Å². The molecule has 0 aromatic heterocycles. The highest BCUT2D eigenvalue weighted by Gasteiger charge is 2.55. The molecule has 2 aliphatic heterocycles. The number of amides is 2. The van der Waals surface area contributed by atoms with Crippen LogP contribution in [0.25, 0.3) is 11.1 Å². The largest absolute Gasteiger partial charge is 0.369 e. The van der Waals surface area contributed by atoms with Crippen LogP contribution in [0.5, 0.6) is 0 Å². The average Bonchev–Trinajstić information content (AvgIpc) is 2.97. The maximum atomic E-state index is 15.7. The van der Waals surface area contributed by atoms with Crippen LogP contribution in [0.3, 0.4) is 0 Å². The molecule has 5 nitrogen and oxygen atoms in total. The van der Waals surface area contributed by atoms with Crippen LogP contribution < -0.4 is 5.32 Å². The summed E-state index contributed by atoms with van der Waals surface area (Å²) in [6, 6.07) is 6.99. The third-order valence-corrected chi connectivity index (χ3v) is 7.46. The second kappa shape index (κ2) is 8.73. The lowest BCUT2D eigenvalue weighted by Crippen LogP contribution is -2.64. The Morgan fingerprint density at radius 3 is 2.56 bits per heavy atom. The number of hydrogen-bond donors (Lipinski definition) is 1. The van der Waals surface area contributed by atoms with Gasteiger partial charge >= 0.3 is 0 Å². The van der Waals surface area contributed by atoms with E-state index in [1.54, 1.807) is 12.1 Å². The summed E-state index contributed by atoms with van der Waals surface area (Å²) < 4.78 is 48.9. The van der Waals surface area contributed by atoms with Crippen LogP contribution in [0, 0.1) is 23.4 Å². The lowest BCUT2D eigenvalue weighted by Gasteiger charge is -2.42. The minimum Gasteiger partial charge on any atom is -0.369 e. The van der Waals surface area contributed by atoms with E-state index in [1.807, 2.05) is 11.8 Å². The number of benzene rings is 2. The van der Waals surface area contributed by atoms with Crippen molar-refractivity contribution in [3.05, 3.63) is 59.4 Å². The zero-order chi connectivity index (χ0) is 24.0. The summed E-state index contributed by atoms with van der Waals surface area (Å²) in [6.07, 6.45) is 3.33. The Bertz CT molecular complexity index is 1120. The van der Waals surface area contributed by atoms with Gasteiger partial charge in [0.05, 0.1) is 18.2 Å². The van der Waals surface area contributed by atoms with Crippen molar-refractivity contribution in [1.82, 2.24) is 10.2 Å². The van der Waals surface area contributed by atoms with E-state index in [0.29, 0.717) is 12.0 Å². The van der Waals surface area contributed by atoms with Gasteiger partial charge in [-0.05, 0) is 55.9 Å². The van der Waals surface area contributed by atoms with E-state index in [9.17, 15) is 18.4 Å². The number of nitrogens with one attached hydrogen (secondary N) is 1. The fraction of sp³-hybridized carbons (Fsp3) is 0.462. The molecule has 5 rings (SSSR count). The Hall–Kier alpha value is -2.87. The number of morpholine rings is 1. The van der Waals surface area contributed by atoms with Gasteiger partial charge in [-0.1, -0.05) is 24.6 Å². The molecule has 2 aromatic carbocycles. The molecule has 2 saturated heterocycles. The number of nitrogens with zero attached hydrogens (tertiary/aromatic N) is 1. The van der Waals surface area contributed by atoms with Gasteiger partial charge in [-0.15, -0.1) is 0 Å². The highest BCUT2D eigenvalue weighted by atomic mass is 19.1. The molecule has 1 N–H and O–H groups in total. The summed E-state index contributed by atoms with van der Waals surface area (Å²) in [6.45, 7) is 2.13. The maximum Gasteiger partial charge on any atom is 0.246 e. The molecule has 3 aliphatic rings. The molecule has 0 radical (unpaired) electrons. The zero-order valence-corrected chi connectivity index (χ0v) is 19.0. The number of rotatable bonds is 4. The molecule has 1 saturated carbocycles. The minimum absolute atomic E-state index is 0.0317. The Balaban J connectivity index is 1.53. The molecule has 3 atom stereocenters. The molecule has 8 heteroatoms. The van der Waals surface area contributed by atoms with Gasteiger partial charge in [0.1, 0.15) is 24.1 Å². The van der Waals surface area contributed by atoms with Crippen LogP contribution in [0.1, 0.15) is 38.2 Å². The maximum absolute atomic E-state index is 15.7. The highest BCUT2D eigenvalue weighted by molar-refractivity contribution is 5.82. The second-order valence-corrected chi connectivity index (χ2v) is 9.78. The third-order valence-electron chi connectivity index (χ3n) is 7.46. The summed E-state index contributed by atoms with van der Waals surface area (Å²) in [5, 5.41) is 3.05. The first kappa shape index (κ1) is 22.9. The van der Waals surface area contributed by atoms with Crippen LogP contribution in [0.4, 0.5) is 13.2 Å².